The van der Waals surface area contributed by atoms with E-state index in [0.29, 0.717) is 6.54 Å². The molecule has 0 fully saturated rings. The molecule has 6 heteroatoms. The maximum atomic E-state index is 12.9. The summed E-state index contributed by atoms with van der Waals surface area (Å²) in [5.41, 5.74) is 0. The molecule has 108 valence electrons. The van der Waals surface area contributed by atoms with Crippen LogP contribution in [0.15, 0.2) is 46.7 Å². The molecule has 3 nitrogen and oxygen atoms in total. The van der Waals surface area contributed by atoms with E-state index in [-0.39, 0.29) is 10.9 Å². The lowest BCUT2D eigenvalue weighted by Crippen LogP contribution is -2.36. The standard InChI is InChI=1S/C14H16FNO2S2/c1-11(2)16(10-13-4-3-9-19-13)20(17,18)14-7-5-12(15)6-8-14/h3-9,11H,10H2,1-2H3. The van der Waals surface area contributed by atoms with Crippen molar-refractivity contribution >= 4 is 21.4 Å². The highest BCUT2D eigenvalue weighted by atomic mass is 32.2. The van der Waals surface area contributed by atoms with E-state index in [2.05, 4.69) is 0 Å². The van der Waals surface area contributed by atoms with Gasteiger partial charge in [0.05, 0.1) is 4.90 Å². The summed E-state index contributed by atoms with van der Waals surface area (Å²) in [6, 6.07) is 8.55. The molecular formula is C14H16FNO2S2. The number of hydrogen-bond donors (Lipinski definition) is 0. The highest BCUT2D eigenvalue weighted by Crippen LogP contribution is 2.22. The van der Waals surface area contributed by atoms with Crippen LogP contribution in [0.3, 0.4) is 0 Å². The molecule has 2 rings (SSSR count). The van der Waals surface area contributed by atoms with Gasteiger partial charge in [0.2, 0.25) is 10.0 Å². The Morgan fingerprint density at radius 3 is 2.35 bits per heavy atom. The van der Waals surface area contributed by atoms with Crippen LogP contribution in [0.4, 0.5) is 4.39 Å². The Balaban J connectivity index is 2.34. The molecule has 0 aliphatic rings. The molecule has 0 saturated heterocycles. The van der Waals surface area contributed by atoms with Gasteiger partial charge in [-0.05, 0) is 49.6 Å². The van der Waals surface area contributed by atoms with Gasteiger partial charge in [0.25, 0.3) is 0 Å². The zero-order chi connectivity index (χ0) is 14.8. The Labute approximate surface area is 122 Å². The summed E-state index contributed by atoms with van der Waals surface area (Å²) in [6.07, 6.45) is 0. The van der Waals surface area contributed by atoms with E-state index in [1.54, 1.807) is 0 Å². The van der Waals surface area contributed by atoms with Crippen LogP contribution in [0.5, 0.6) is 0 Å². The molecule has 0 amide bonds. The summed E-state index contributed by atoms with van der Waals surface area (Å²) >= 11 is 1.52. The van der Waals surface area contributed by atoms with Crippen LogP contribution in [0, 0.1) is 5.82 Å². The lowest BCUT2D eigenvalue weighted by Gasteiger charge is -2.25. The third-order valence-corrected chi connectivity index (χ3v) is 5.79. The summed E-state index contributed by atoms with van der Waals surface area (Å²) in [5.74, 6) is -0.446. The molecule has 0 spiro atoms. The van der Waals surface area contributed by atoms with Gasteiger partial charge in [-0.3, -0.25) is 0 Å². The molecule has 0 aliphatic heterocycles. The molecule has 1 aromatic carbocycles. The van der Waals surface area contributed by atoms with Crippen LogP contribution in [-0.2, 0) is 16.6 Å². The van der Waals surface area contributed by atoms with Gasteiger partial charge in [-0.1, -0.05) is 6.07 Å². The molecular weight excluding hydrogens is 297 g/mol. The fraction of sp³-hybridized carbons (Fsp3) is 0.286. The van der Waals surface area contributed by atoms with Gasteiger partial charge in [-0.2, -0.15) is 4.31 Å². The number of sulfonamides is 1. The number of rotatable bonds is 5. The molecule has 0 aliphatic carbocycles. The van der Waals surface area contributed by atoms with Gasteiger partial charge in [0.1, 0.15) is 5.82 Å². The number of hydrogen-bond acceptors (Lipinski definition) is 3. The van der Waals surface area contributed by atoms with Crippen molar-refractivity contribution in [1.29, 1.82) is 0 Å². The van der Waals surface area contributed by atoms with E-state index in [4.69, 9.17) is 0 Å². The first kappa shape index (κ1) is 15.2. The molecule has 0 radical (unpaired) electrons. The van der Waals surface area contributed by atoms with E-state index in [1.807, 2.05) is 31.4 Å². The second-order valence-corrected chi connectivity index (χ2v) is 7.60. The first-order valence-corrected chi connectivity index (χ1v) is 8.53. The zero-order valence-corrected chi connectivity index (χ0v) is 12.9. The Kier molecular flexibility index (Phi) is 4.57. The van der Waals surface area contributed by atoms with Crippen LogP contribution < -0.4 is 0 Å². The number of thiophene rings is 1. The van der Waals surface area contributed by atoms with Crippen molar-refractivity contribution in [2.45, 2.75) is 31.3 Å². The van der Waals surface area contributed by atoms with Crippen molar-refractivity contribution in [1.82, 2.24) is 4.31 Å². The van der Waals surface area contributed by atoms with Crippen molar-refractivity contribution in [2.24, 2.45) is 0 Å². The predicted molar refractivity (Wildman–Crippen MR) is 78.6 cm³/mol. The fourth-order valence-electron chi connectivity index (χ4n) is 1.84. The minimum Gasteiger partial charge on any atom is -0.207 e. The average molecular weight is 313 g/mol. The Morgan fingerprint density at radius 2 is 1.85 bits per heavy atom. The summed E-state index contributed by atoms with van der Waals surface area (Å²) in [6.45, 7) is 3.98. The maximum absolute atomic E-state index is 12.9. The van der Waals surface area contributed by atoms with Crippen LogP contribution in [0.25, 0.3) is 0 Å². The van der Waals surface area contributed by atoms with Gasteiger partial charge in [0, 0.05) is 17.5 Å². The molecule has 0 N–H and O–H groups in total. The summed E-state index contributed by atoms with van der Waals surface area (Å²) in [7, 11) is -3.62. The maximum Gasteiger partial charge on any atom is 0.243 e. The van der Waals surface area contributed by atoms with E-state index in [1.165, 1.54) is 27.8 Å². The second kappa shape index (κ2) is 6.03. The highest BCUT2D eigenvalue weighted by molar-refractivity contribution is 7.89. The molecule has 1 aromatic heterocycles. The summed E-state index contributed by atoms with van der Waals surface area (Å²) in [5, 5.41) is 1.92. The summed E-state index contributed by atoms with van der Waals surface area (Å²) < 4.78 is 39.6. The van der Waals surface area contributed by atoms with Crippen LogP contribution in [0.1, 0.15) is 18.7 Å². The van der Waals surface area contributed by atoms with E-state index >= 15 is 0 Å². The van der Waals surface area contributed by atoms with Gasteiger partial charge in [0.15, 0.2) is 0 Å². The number of benzene rings is 1. The van der Waals surface area contributed by atoms with Crippen LogP contribution >= 0.6 is 11.3 Å². The van der Waals surface area contributed by atoms with Gasteiger partial charge < -0.3 is 0 Å². The summed E-state index contributed by atoms with van der Waals surface area (Å²) in [4.78, 5) is 1.09. The van der Waals surface area contributed by atoms with Crippen molar-refractivity contribution in [2.75, 3.05) is 0 Å². The van der Waals surface area contributed by atoms with E-state index in [9.17, 15) is 12.8 Å². The van der Waals surface area contributed by atoms with Crippen molar-refractivity contribution in [3.63, 3.8) is 0 Å². The second-order valence-electron chi connectivity index (χ2n) is 4.68. The van der Waals surface area contributed by atoms with Crippen LogP contribution in [0.2, 0.25) is 0 Å². The largest absolute Gasteiger partial charge is 0.243 e. The lowest BCUT2D eigenvalue weighted by atomic mass is 10.3. The average Bonchev–Trinajstić information content (AvgIpc) is 2.89. The number of nitrogens with zero attached hydrogens (tertiary/aromatic N) is 1. The lowest BCUT2D eigenvalue weighted by molar-refractivity contribution is 0.350. The molecule has 0 atom stereocenters. The fourth-order valence-corrected chi connectivity index (χ4v) is 4.24. The van der Waals surface area contributed by atoms with Gasteiger partial charge in [-0.25, -0.2) is 12.8 Å². The van der Waals surface area contributed by atoms with Crippen molar-refractivity contribution in [3.05, 3.63) is 52.5 Å². The SMILES string of the molecule is CC(C)N(Cc1cccs1)S(=O)(=O)c1ccc(F)cc1. The first-order valence-electron chi connectivity index (χ1n) is 6.21. The van der Waals surface area contributed by atoms with E-state index in [0.717, 1.165) is 17.0 Å². The Bertz CT molecular complexity index is 649. The molecule has 20 heavy (non-hydrogen) atoms. The van der Waals surface area contributed by atoms with E-state index < -0.39 is 15.8 Å². The monoisotopic (exact) mass is 313 g/mol. The van der Waals surface area contributed by atoms with Crippen molar-refractivity contribution < 1.29 is 12.8 Å². The molecule has 0 saturated carbocycles. The van der Waals surface area contributed by atoms with Crippen LogP contribution in [-0.4, -0.2) is 18.8 Å². The topological polar surface area (TPSA) is 37.4 Å². The third-order valence-electron chi connectivity index (χ3n) is 2.89. The van der Waals surface area contributed by atoms with Gasteiger partial charge >= 0.3 is 0 Å². The third kappa shape index (κ3) is 3.26. The first-order chi connectivity index (χ1) is 9.41. The molecule has 0 unspecified atom stereocenters. The van der Waals surface area contributed by atoms with Crippen molar-refractivity contribution in [3.8, 4) is 0 Å². The predicted octanol–water partition coefficient (Wildman–Crippen LogP) is 3.49. The minimum atomic E-state index is -3.62. The molecule has 2 aromatic rings. The zero-order valence-electron chi connectivity index (χ0n) is 11.3. The van der Waals surface area contributed by atoms with Gasteiger partial charge in [-0.15, -0.1) is 11.3 Å². The Hall–Kier alpha value is -1.24. The quantitative estimate of drug-likeness (QED) is 0.847. The number of halogens is 1. The normalized spacial score (nSPS) is 12.2. The smallest absolute Gasteiger partial charge is 0.207 e. The minimum absolute atomic E-state index is 0.115. The molecule has 0 bridgehead atoms. The molecule has 1 heterocycles. The Morgan fingerprint density at radius 1 is 1.20 bits per heavy atom. The highest BCUT2D eigenvalue weighted by Gasteiger charge is 2.27.